The van der Waals surface area contributed by atoms with Gasteiger partial charge < -0.3 is 16.8 Å². The van der Waals surface area contributed by atoms with Gasteiger partial charge in [-0.25, -0.2) is 0 Å². The van der Waals surface area contributed by atoms with E-state index in [4.69, 9.17) is 11.5 Å². The molecule has 0 saturated heterocycles. The second-order valence-corrected chi connectivity index (χ2v) is 6.56. The summed E-state index contributed by atoms with van der Waals surface area (Å²) in [6, 6.07) is 0.156. The molecular formula is C12H23N3O2S. The van der Waals surface area contributed by atoms with Crippen LogP contribution < -0.4 is 16.8 Å². The number of rotatable bonds is 5. The lowest BCUT2D eigenvalue weighted by Crippen LogP contribution is -2.55. The summed E-state index contributed by atoms with van der Waals surface area (Å²) in [5, 5.41) is 3.09. The molecule has 1 rings (SSSR count). The van der Waals surface area contributed by atoms with Crippen LogP contribution >= 0.6 is 11.8 Å². The number of hydrogen-bond donors (Lipinski definition) is 3. The van der Waals surface area contributed by atoms with Crippen molar-refractivity contribution in [3.05, 3.63) is 0 Å². The quantitative estimate of drug-likeness (QED) is 0.674. The fourth-order valence-corrected chi connectivity index (χ4v) is 3.40. The van der Waals surface area contributed by atoms with Gasteiger partial charge in [0, 0.05) is 11.3 Å². The van der Waals surface area contributed by atoms with Crippen LogP contribution in [0.4, 0.5) is 0 Å². The largest absolute Gasteiger partial charge is 0.368 e. The molecule has 1 saturated carbocycles. The molecule has 2 amide bonds. The van der Waals surface area contributed by atoms with E-state index in [0.717, 1.165) is 12.8 Å². The maximum atomic E-state index is 11.5. The number of carbonyl (C=O) groups excluding carboxylic acids is 2. The first-order valence-corrected chi connectivity index (χ1v) is 7.38. The SMILES string of the molecule is CC(C)NC(=O)CSC1CCCC(N)(C(N)=O)C1. The Morgan fingerprint density at radius 2 is 2.17 bits per heavy atom. The van der Waals surface area contributed by atoms with Crippen LogP contribution in [0, 0.1) is 0 Å². The Morgan fingerprint density at radius 3 is 2.72 bits per heavy atom. The average Bonchev–Trinajstić information content (AvgIpc) is 2.25. The van der Waals surface area contributed by atoms with Crippen LogP contribution in [-0.2, 0) is 9.59 Å². The molecule has 0 aromatic rings. The molecule has 6 heteroatoms. The third kappa shape index (κ3) is 4.49. The summed E-state index contributed by atoms with van der Waals surface area (Å²) in [5.41, 5.74) is 10.4. The zero-order valence-electron chi connectivity index (χ0n) is 11.1. The Labute approximate surface area is 112 Å². The Hall–Kier alpha value is -0.750. The van der Waals surface area contributed by atoms with Crippen molar-refractivity contribution in [2.45, 2.75) is 56.4 Å². The standard InChI is InChI=1S/C12H23N3O2S/c1-8(2)15-10(16)7-18-9-4-3-5-12(14,6-9)11(13)17/h8-9H,3-7,14H2,1-2H3,(H2,13,17)(H,15,16). The van der Waals surface area contributed by atoms with Crippen molar-refractivity contribution in [3.8, 4) is 0 Å². The molecular weight excluding hydrogens is 250 g/mol. The van der Waals surface area contributed by atoms with E-state index in [-0.39, 0.29) is 17.2 Å². The summed E-state index contributed by atoms with van der Waals surface area (Å²) in [6.07, 6.45) is 3.11. The maximum absolute atomic E-state index is 11.5. The number of primary amides is 1. The van der Waals surface area contributed by atoms with E-state index in [0.29, 0.717) is 18.6 Å². The lowest BCUT2D eigenvalue weighted by molar-refractivity contribution is -0.124. The van der Waals surface area contributed by atoms with Gasteiger partial charge in [0.25, 0.3) is 0 Å². The Balaban J connectivity index is 2.39. The van der Waals surface area contributed by atoms with Crippen LogP contribution in [0.2, 0.25) is 0 Å². The number of hydrogen-bond acceptors (Lipinski definition) is 4. The van der Waals surface area contributed by atoms with Crippen molar-refractivity contribution in [1.29, 1.82) is 0 Å². The number of nitrogens with two attached hydrogens (primary N) is 2. The zero-order chi connectivity index (χ0) is 13.8. The van der Waals surface area contributed by atoms with Crippen molar-refractivity contribution in [2.75, 3.05) is 5.75 Å². The molecule has 104 valence electrons. The first-order valence-electron chi connectivity index (χ1n) is 6.33. The van der Waals surface area contributed by atoms with Crippen molar-refractivity contribution >= 4 is 23.6 Å². The van der Waals surface area contributed by atoms with Gasteiger partial charge in [-0.1, -0.05) is 0 Å². The molecule has 5 N–H and O–H groups in total. The fraction of sp³-hybridized carbons (Fsp3) is 0.833. The Bertz CT molecular complexity index is 322. The summed E-state index contributed by atoms with van der Waals surface area (Å²) in [5.74, 6) is 0.0132. The van der Waals surface area contributed by atoms with E-state index < -0.39 is 11.4 Å². The minimum Gasteiger partial charge on any atom is -0.368 e. The molecule has 0 aromatic carbocycles. The van der Waals surface area contributed by atoms with Crippen LogP contribution in [-0.4, -0.2) is 34.4 Å². The molecule has 0 aliphatic heterocycles. The lowest BCUT2D eigenvalue weighted by Gasteiger charge is -2.35. The number of carbonyl (C=O) groups is 2. The number of nitrogens with one attached hydrogen (secondary N) is 1. The van der Waals surface area contributed by atoms with Gasteiger partial charge in [-0.3, -0.25) is 9.59 Å². The third-order valence-electron chi connectivity index (χ3n) is 3.13. The highest BCUT2D eigenvalue weighted by atomic mass is 32.2. The van der Waals surface area contributed by atoms with Gasteiger partial charge in [0.2, 0.25) is 11.8 Å². The topological polar surface area (TPSA) is 98.2 Å². The zero-order valence-corrected chi connectivity index (χ0v) is 11.9. The first kappa shape index (κ1) is 15.3. The molecule has 2 unspecified atom stereocenters. The highest BCUT2D eigenvalue weighted by Crippen LogP contribution is 2.33. The monoisotopic (exact) mass is 273 g/mol. The highest BCUT2D eigenvalue weighted by Gasteiger charge is 2.37. The molecule has 0 heterocycles. The fourth-order valence-electron chi connectivity index (χ4n) is 2.18. The molecule has 1 aliphatic carbocycles. The highest BCUT2D eigenvalue weighted by molar-refractivity contribution is 8.00. The summed E-state index contributed by atoms with van der Waals surface area (Å²) in [6.45, 7) is 3.86. The summed E-state index contributed by atoms with van der Waals surface area (Å²) < 4.78 is 0. The van der Waals surface area contributed by atoms with E-state index in [9.17, 15) is 9.59 Å². The molecule has 1 aliphatic rings. The second-order valence-electron chi connectivity index (χ2n) is 5.27. The minimum atomic E-state index is -0.884. The van der Waals surface area contributed by atoms with Crippen LogP contribution in [0.5, 0.6) is 0 Å². The summed E-state index contributed by atoms with van der Waals surface area (Å²) >= 11 is 1.57. The van der Waals surface area contributed by atoms with Crippen LogP contribution in [0.1, 0.15) is 39.5 Å². The summed E-state index contributed by atoms with van der Waals surface area (Å²) in [7, 11) is 0. The molecule has 5 nitrogen and oxygen atoms in total. The van der Waals surface area contributed by atoms with E-state index >= 15 is 0 Å². The van der Waals surface area contributed by atoms with Gasteiger partial charge in [-0.15, -0.1) is 11.8 Å². The van der Waals surface area contributed by atoms with Gasteiger partial charge in [0.05, 0.1) is 11.3 Å². The minimum absolute atomic E-state index is 0.0299. The van der Waals surface area contributed by atoms with Crippen molar-refractivity contribution in [1.82, 2.24) is 5.32 Å². The molecule has 0 spiro atoms. The summed E-state index contributed by atoms with van der Waals surface area (Å²) in [4.78, 5) is 22.9. The van der Waals surface area contributed by atoms with Gasteiger partial charge in [-0.05, 0) is 39.5 Å². The first-order chi connectivity index (χ1) is 8.33. The van der Waals surface area contributed by atoms with E-state index in [1.54, 1.807) is 11.8 Å². The third-order valence-corrected chi connectivity index (χ3v) is 4.43. The molecule has 2 atom stereocenters. The van der Waals surface area contributed by atoms with Gasteiger partial charge in [-0.2, -0.15) is 0 Å². The molecule has 1 fully saturated rings. The average molecular weight is 273 g/mol. The lowest BCUT2D eigenvalue weighted by atomic mass is 9.82. The van der Waals surface area contributed by atoms with E-state index in [1.807, 2.05) is 13.8 Å². The normalized spacial score (nSPS) is 28.1. The van der Waals surface area contributed by atoms with E-state index in [2.05, 4.69) is 5.32 Å². The van der Waals surface area contributed by atoms with Crippen LogP contribution in [0.25, 0.3) is 0 Å². The van der Waals surface area contributed by atoms with Crippen molar-refractivity contribution in [3.63, 3.8) is 0 Å². The predicted octanol–water partition coefficient (Wildman–Crippen LogP) is 0.370. The second kappa shape index (κ2) is 6.43. The number of thioether (sulfide) groups is 1. The molecule has 18 heavy (non-hydrogen) atoms. The smallest absolute Gasteiger partial charge is 0.237 e. The van der Waals surface area contributed by atoms with Crippen molar-refractivity contribution < 1.29 is 9.59 Å². The van der Waals surface area contributed by atoms with Crippen LogP contribution in [0.3, 0.4) is 0 Å². The molecule has 0 bridgehead atoms. The Kier molecular flexibility index (Phi) is 5.47. The van der Waals surface area contributed by atoms with E-state index in [1.165, 1.54) is 0 Å². The Morgan fingerprint density at radius 1 is 1.50 bits per heavy atom. The molecule has 0 radical (unpaired) electrons. The number of amides is 2. The van der Waals surface area contributed by atoms with Gasteiger partial charge in [0.15, 0.2) is 0 Å². The maximum Gasteiger partial charge on any atom is 0.237 e. The molecule has 0 aromatic heterocycles. The van der Waals surface area contributed by atoms with Gasteiger partial charge in [0.1, 0.15) is 0 Å². The predicted molar refractivity (Wildman–Crippen MR) is 74.1 cm³/mol. The van der Waals surface area contributed by atoms with Crippen LogP contribution in [0.15, 0.2) is 0 Å². The van der Waals surface area contributed by atoms with Gasteiger partial charge >= 0.3 is 0 Å². The van der Waals surface area contributed by atoms with Crippen molar-refractivity contribution in [2.24, 2.45) is 11.5 Å².